The van der Waals surface area contributed by atoms with Gasteiger partial charge in [0.1, 0.15) is 5.69 Å². The number of rotatable bonds is 3. The van der Waals surface area contributed by atoms with E-state index in [1.165, 1.54) is 6.42 Å². The number of nitrogens with one attached hydrogen (secondary N) is 2. The van der Waals surface area contributed by atoms with E-state index >= 15 is 0 Å². The molecule has 0 radical (unpaired) electrons. The number of amides is 2. The van der Waals surface area contributed by atoms with Gasteiger partial charge >= 0.3 is 0 Å². The Balaban J connectivity index is 1.42. The highest BCUT2D eigenvalue weighted by Crippen LogP contribution is 2.43. The number of likely N-dealkylation sites (tertiary alicyclic amines) is 1. The fourth-order valence-corrected chi connectivity index (χ4v) is 5.36. The Morgan fingerprint density at radius 2 is 1.88 bits per heavy atom. The summed E-state index contributed by atoms with van der Waals surface area (Å²) in [6.45, 7) is 8.18. The highest BCUT2D eigenvalue weighted by atomic mass is 16.2. The normalized spacial score (nSPS) is 17.7. The monoisotopic (exact) mass is 456 g/mol. The number of H-pyrrole nitrogens is 2. The lowest BCUT2D eigenvalue weighted by molar-refractivity contribution is -0.122. The van der Waals surface area contributed by atoms with E-state index in [-0.39, 0.29) is 11.8 Å². The SMILES string of the molecule is CCN1C(=O)C(C)(C)c2cc3nc(-c4n[nH]c5ccc(C(=O)N6CCCCC6)cc45)[nH]c3cc21. The summed E-state index contributed by atoms with van der Waals surface area (Å²) in [6, 6.07) is 9.71. The molecule has 2 aliphatic rings. The maximum atomic E-state index is 13.1. The Morgan fingerprint density at radius 3 is 2.65 bits per heavy atom. The third-order valence-corrected chi connectivity index (χ3v) is 7.34. The smallest absolute Gasteiger partial charge is 0.253 e. The van der Waals surface area contributed by atoms with Crippen LogP contribution in [0.25, 0.3) is 33.5 Å². The molecule has 4 aromatic rings. The first kappa shape index (κ1) is 20.9. The molecule has 0 aliphatic carbocycles. The lowest BCUT2D eigenvalue weighted by Crippen LogP contribution is -2.35. The second kappa shape index (κ2) is 7.41. The third kappa shape index (κ3) is 2.97. The quantitative estimate of drug-likeness (QED) is 0.478. The molecule has 0 unspecified atom stereocenters. The van der Waals surface area contributed by atoms with E-state index in [1.807, 2.05) is 60.9 Å². The summed E-state index contributed by atoms with van der Waals surface area (Å²) in [7, 11) is 0. The Bertz CT molecular complexity index is 1460. The van der Waals surface area contributed by atoms with Crippen molar-refractivity contribution in [1.82, 2.24) is 25.1 Å². The number of imidazole rings is 1. The van der Waals surface area contributed by atoms with Crippen molar-refractivity contribution in [3.63, 3.8) is 0 Å². The molecule has 6 rings (SSSR count). The van der Waals surface area contributed by atoms with Crippen LogP contribution in [0.4, 0.5) is 5.69 Å². The summed E-state index contributed by atoms with van der Waals surface area (Å²) >= 11 is 0. The summed E-state index contributed by atoms with van der Waals surface area (Å²) in [5.41, 5.74) is 5.21. The zero-order valence-corrected chi connectivity index (χ0v) is 19.7. The van der Waals surface area contributed by atoms with Crippen LogP contribution in [0.3, 0.4) is 0 Å². The molecular weight excluding hydrogens is 428 g/mol. The van der Waals surface area contributed by atoms with Crippen LogP contribution >= 0.6 is 0 Å². The third-order valence-electron chi connectivity index (χ3n) is 7.34. The van der Waals surface area contributed by atoms with Crippen LogP contribution < -0.4 is 4.90 Å². The minimum atomic E-state index is -0.582. The molecule has 8 heteroatoms. The number of aromatic amines is 2. The maximum absolute atomic E-state index is 13.1. The number of fused-ring (bicyclic) bond motifs is 3. The van der Waals surface area contributed by atoms with Crippen LogP contribution in [0, 0.1) is 0 Å². The first-order chi connectivity index (χ1) is 16.4. The van der Waals surface area contributed by atoms with Crippen molar-refractivity contribution in [1.29, 1.82) is 0 Å². The second-order valence-corrected chi connectivity index (χ2v) is 9.83. The van der Waals surface area contributed by atoms with Crippen molar-refractivity contribution in [2.24, 2.45) is 0 Å². The van der Waals surface area contributed by atoms with E-state index in [2.05, 4.69) is 15.2 Å². The minimum absolute atomic E-state index is 0.0707. The van der Waals surface area contributed by atoms with Crippen molar-refractivity contribution >= 4 is 39.4 Å². The molecular formula is C26H28N6O2. The van der Waals surface area contributed by atoms with E-state index in [0.29, 0.717) is 23.6 Å². The van der Waals surface area contributed by atoms with E-state index < -0.39 is 5.41 Å². The predicted octanol–water partition coefficient (Wildman–Crippen LogP) is 4.38. The van der Waals surface area contributed by atoms with Crippen LogP contribution in [0.5, 0.6) is 0 Å². The maximum Gasteiger partial charge on any atom is 0.253 e. The molecule has 2 amide bonds. The molecule has 0 spiro atoms. The number of likely N-dealkylation sites (N-methyl/N-ethyl adjacent to an activating group) is 1. The summed E-state index contributed by atoms with van der Waals surface area (Å²) in [4.78, 5) is 37.9. The highest BCUT2D eigenvalue weighted by molar-refractivity contribution is 6.09. The van der Waals surface area contributed by atoms with Gasteiger partial charge in [0.2, 0.25) is 5.91 Å². The first-order valence-corrected chi connectivity index (χ1v) is 12.0. The predicted molar refractivity (Wildman–Crippen MR) is 132 cm³/mol. The van der Waals surface area contributed by atoms with Gasteiger partial charge in [-0.05, 0) is 75.9 Å². The number of carbonyl (C=O) groups is 2. The van der Waals surface area contributed by atoms with Crippen LogP contribution in [-0.2, 0) is 10.2 Å². The average molecular weight is 457 g/mol. The van der Waals surface area contributed by atoms with E-state index in [0.717, 1.165) is 59.1 Å². The van der Waals surface area contributed by atoms with Crippen LogP contribution in [0.15, 0.2) is 30.3 Å². The van der Waals surface area contributed by atoms with Crippen LogP contribution in [0.1, 0.15) is 56.0 Å². The standard InChI is InChI=1S/C26H28N6O2/c1-4-32-21-14-20-19(13-17(21)26(2,3)25(32)34)27-23(28-20)22-16-12-15(8-9-18(16)29-30-22)24(33)31-10-6-5-7-11-31/h8-9,12-14H,4-7,10-11H2,1-3H3,(H,27,28)(H,29,30). The van der Waals surface area contributed by atoms with Gasteiger partial charge in [0.15, 0.2) is 5.82 Å². The molecule has 0 atom stereocenters. The first-order valence-electron chi connectivity index (χ1n) is 12.0. The molecule has 4 heterocycles. The van der Waals surface area contributed by atoms with Gasteiger partial charge in [-0.25, -0.2) is 4.98 Å². The van der Waals surface area contributed by atoms with Crippen molar-refractivity contribution < 1.29 is 9.59 Å². The van der Waals surface area contributed by atoms with Gasteiger partial charge in [0.25, 0.3) is 5.91 Å². The number of nitrogens with zero attached hydrogens (tertiary/aromatic N) is 4. The molecule has 2 aromatic carbocycles. The van der Waals surface area contributed by atoms with Crippen molar-refractivity contribution in [3.8, 4) is 11.5 Å². The molecule has 174 valence electrons. The summed E-state index contributed by atoms with van der Waals surface area (Å²) in [5, 5.41) is 8.45. The Labute approximate surface area is 197 Å². The van der Waals surface area contributed by atoms with Crippen molar-refractivity contribution in [3.05, 3.63) is 41.5 Å². The Morgan fingerprint density at radius 1 is 1.09 bits per heavy atom. The topological polar surface area (TPSA) is 98.0 Å². The number of benzene rings is 2. The van der Waals surface area contributed by atoms with Crippen molar-refractivity contribution in [2.45, 2.75) is 45.4 Å². The number of piperidine rings is 1. The average Bonchev–Trinajstić information content (AvgIpc) is 3.51. The van der Waals surface area contributed by atoms with Crippen LogP contribution in [-0.4, -0.2) is 56.5 Å². The van der Waals surface area contributed by atoms with Gasteiger partial charge in [-0.2, -0.15) is 5.10 Å². The van der Waals surface area contributed by atoms with Crippen molar-refractivity contribution in [2.75, 3.05) is 24.5 Å². The zero-order valence-electron chi connectivity index (χ0n) is 19.7. The second-order valence-electron chi connectivity index (χ2n) is 9.83. The minimum Gasteiger partial charge on any atom is -0.339 e. The molecule has 1 saturated heterocycles. The molecule has 0 bridgehead atoms. The van der Waals surface area contributed by atoms with Gasteiger partial charge in [-0.1, -0.05) is 0 Å². The zero-order chi connectivity index (χ0) is 23.6. The molecule has 8 nitrogen and oxygen atoms in total. The Kier molecular flexibility index (Phi) is 4.56. The fraction of sp³-hybridized carbons (Fsp3) is 0.385. The fourth-order valence-electron chi connectivity index (χ4n) is 5.36. The van der Waals surface area contributed by atoms with Crippen LogP contribution in [0.2, 0.25) is 0 Å². The van der Waals surface area contributed by atoms with E-state index in [9.17, 15) is 9.59 Å². The molecule has 0 saturated carbocycles. The summed E-state index contributed by atoms with van der Waals surface area (Å²) in [5.74, 6) is 0.822. The summed E-state index contributed by atoms with van der Waals surface area (Å²) in [6.07, 6.45) is 3.31. The number of carbonyl (C=O) groups excluding carboxylic acids is 2. The number of aromatic nitrogens is 4. The van der Waals surface area contributed by atoms with E-state index in [4.69, 9.17) is 4.98 Å². The lowest BCUT2D eigenvalue weighted by Gasteiger charge is -2.26. The summed E-state index contributed by atoms with van der Waals surface area (Å²) < 4.78 is 0. The largest absolute Gasteiger partial charge is 0.339 e. The molecule has 2 N–H and O–H groups in total. The number of hydrogen-bond acceptors (Lipinski definition) is 4. The lowest BCUT2D eigenvalue weighted by atomic mass is 9.86. The van der Waals surface area contributed by atoms with Gasteiger partial charge in [0.05, 0.1) is 27.7 Å². The molecule has 2 aromatic heterocycles. The number of anilines is 1. The van der Waals surface area contributed by atoms with Gasteiger partial charge in [-0.15, -0.1) is 0 Å². The molecule has 1 fully saturated rings. The Hall–Kier alpha value is -3.68. The van der Waals surface area contributed by atoms with Gasteiger partial charge in [0, 0.05) is 30.6 Å². The molecule has 34 heavy (non-hydrogen) atoms. The number of hydrogen-bond donors (Lipinski definition) is 2. The van der Waals surface area contributed by atoms with Gasteiger partial charge < -0.3 is 14.8 Å². The highest BCUT2D eigenvalue weighted by Gasteiger charge is 2.43. The molecule has 2 aliphatic heterocycles. The van der Waals surface area contributed by atoms with E-state index in [1.54, 1.807) is 0 Å². The van der Waals surface area contributed by atoms with Gasteiger partial charge in [-0.3, -0.25) is 14.7 Å².